The summed E-state index contributed by atoms with van der Waals surface area (Å²) in [6.45, 7) is 3.39. The maximum Gasteiger partial charge on any atom is 0.356 e. The van der Waals surface area contributed by atoms with Gasteiger partial charge >= 0.3 is 5.97 Å². The van der Waals surface area contributed by atoms with E-state index in [1.54, 1.807) is 23.4 Å². The number of rotatable bonds is 4. The third kappa shape index (κ3) is 1.95. The van der Waals surface area contributed by atoms with Crippen LogP contribution >= 0.6 is 0 Å². The fraction of sp³-hybridized carbons (Fsp3) is 0.300. The highest BCUT2D eigenvalue weighted by Crippen LogP contribution is 2.03. The average molecular weight is 220 g/mol. The Morgan fingerprint density at radius 3 is 3.00 bits per heavy atom. The molecule has 0 aliphatic rings. The molecule has 0 aliphatic carbocycles. The van der Waals surface area contributed by atoms with Crippen LogP contribution in [0, 0.1) is 0 Å². The van der Waals surface area contributed by atoms with Gasteiger partial charge in [-0.15, -0.1) is 0 Å². The first-order valence-corrected chi connectivity index (χ1v) is 4.96. The highest BCUT2D eigenvalue weighted by molar-refractivity contribution is 5.85. The summed E-state index contributed by atoms with van der Waals surface area (Å²) in [6, 6.07) is 1.48. The fourth-order valence-electron chi connectivity index (χ4n) is 1.49. The van der Waals surface area contributed by atoms with Crippen molar-refractivity contribution in [3.63, 3.8) is 0 Å². The van der Waals surface area contributed by atoms with Gasteiger partial charge in [-0.1, -0.05) is 0 Å². The van der Waals surface area contributed by atoms with E-state index < -0.39 is 5.97 Å². The van der Waals surface area contributed by atoms with Gasteiger partial charge in [-0.05, 0) is 13.0 Å². The lowest BCUT2D eigenvalue weighted by molar-refractivity contribution is 0.0689. The first kappa shape index (κ1) is 10.4. The molecule has 84 valence electrons. The van der Waals surface area contributed by atoms with Gasteiger partial charge in [0.25, 0.3) is 0 Å². The summed E-state index contributed by atoms with van der Waals surface area (Å²) < 4.78 is 3.58. The Hall–Kier alpha value is -2.11. The lowest BCUT2D eigenvalue weighted by Gasteiger charge is -2.04. The second-order valence-electron chi connectivity index (χ2n) is 3.37. The normalized spacial score (nSPS) is 10.6. The molecule has 0 bridgehead atoms. The molecule has 6 nitrogen and oxygen atoms in total. The van der Waals surface area contributed by atoms with Gasteiger partial charge < -0.3 is 9.67 Å². The van der Waals surface area contributed by atoms with Crippen LogP contribution in [0.3, 0.4) is 0 Å². The van der Waals surface area contributed by atoms with E-state index >= 15 is 0 Å². The summed E-state index contributed by atoms with van der Waals surface area (Å²) in [7, 11) is 0. The van der Waals surface area contributed by atoms with Crippen molar-refractivity contribution < 1.29 is 9.90 Å². The van der Waals surface area contributed by atoms with E-state index in [0.29, 0.717) is 6.54 Å². The minimum Gasteiger partial charge on any atom is -0.476 e. The number of hydrogen-bond acceptors (Lipinski definition) is 3. The minimum absolute atomic E-state index is 0.0579. The zero-order valence-corrected chi connectivity index (χ0v) is 8.87. The van der Waals surface area contributed by atoms with Crippen LogP contribution in [0.5, 0.6) is 0 Å². The molecule has 2 rings (SSSR count). The van der Waals surface area contributed by atoms with Crippen LogP contribution in [-0.2, 0) is 13.1 Å². The number of aromatic carboxylic acids is 1. The van der Waals surface area contributed by atoms with Crippen molar-refractivity contribution >= 4 is 5.97 Å². The van der Waals surface area contributed by atoms with Crippen molar-refractivity contribution in [3.8, 4) is 0 Å². The van der Waals surface area contributed by atoms with Crippen molar-refractivity contribution in [2.24, 2.45) is 0 Å². The van der Waals surface area contributed by atoms with Gasteiger partial charge in [0.05, 0.1) is 24.8 Å². The summed E-state index contributed by atoms with van der Waals surface area (Å²) in [5, 5.41) is 12.7. The van der Waals surface area contributed by atoms with E-state index in [1.165, 1.54) is 6.07 Å². The number of hydrogen-bond donors (Lipinski definition) is 1. The van der Waals surface area contributed by atoms with Crippen molar-refractivity contribution in [2.45, 2.75) is 20.0 Å². The first-order valence-electron chi connectivity index (χ1n) is 4.96. The Balaban J connectivity index is 2.17. The second kappa shape index (κ2) is 4.18. The van der Waals surface area contributed by atoms with Crippen molar-refractivity contribution in [1.29, 1.82) is 0 Å². The van der Waals surface area contributed by atoms with Crippen LogP contribution in [0.25, 0.3) is 0 Å². The van der Waals surface area contributed by atoms with E-state index in [2.05, 4.69) is 10.1 Å². The SMILES string of the molecule is CCn1cncc1Cn1ccc(C(=O)O)n1. The van der Waals surface area contributed by atoms with E-state index in [-0.39, 0.29) is 5.69 Å². The first-order chi connectivity index (χ1) is 7.70. The quantitative estimate of drug-likeness (QED) is 0.828. The van der Waals surface area contributed by atoms with Gasteiger partial charge in [-0.2, -0.15) is 5.10 Å². The molecule has 0 unspecified atom stereocenters. The van der Waals surface area contributed by atoms with Gasteiger partial charge in [0.1, 0.15) is 0 Å². The molecule has 0 atom stereocenters. The molecule has 2 aromatic heterocycles. The van der Waals surface area contributed by atoms with E-state index in [4.69, 9.17) is 5.11 Å². The number of aromatic nitrogens is 4. The lowest BCUT2D eigenvalue weighted by atomic mass is 10.4. The predicted octanol–water partition coefficient (Wildman–Crippen LogP) is 0.846. The maximum absolute atomic E-state index is 10.6. The number of carboxylic acid groups (broad SMARTS) is 1. The monoisotopic (exact) mass is 220 g/mol. The van der Waals surface area contributed by atoms with Crippen LogP contribution in [0.2, 0.25) is 0 Å². The maximum atomic E-state index is 10.6. The summed E-state index contributed by atoms with van der Waals surface area (Å²) in [4.78, 5) is 14.7. The average Bonchev–Trinajstić information content (AvgIpc) is 2.87. The number of aryl methyl sites for hydroxylation is 1. The number of carbonyl (C=O) groups is 1. The van der Waals surface area contributed by atoms with Gasteiger partial charge in [-0.3, -0.25) is 4.68 Å². The van der Waals surface area contributed by atoms with Gasteiger partial charge in [0, 0.05) is 12.7 Å². The summed E-state index contributed by atoms with van der Waals surface area (Å²) >= 11 is 0. The molecule has 0 aromatic carbocycles. The molecule has 2 heterocycles. The fourth-order valence-corrected chi connectivity index (χ4v) is 1.49. The van der Waals surface area contributed by atoms with Crippen LogP contribution in [0.1, 0.15) is 23.1 Å². The molecule has 0 radical (unpaired) electrons. The highest BCUT2D eigenvalue weighted by Gasteiger charge is 2.08. The molecule has 0 saturated heterocycles. The molecule has 16 heavy (non-hydrogen) atoms. The third-order valence-electron chi connectivity index (χ3n) is 2.32. The zero-order chi connectivity index (χ0) is 11.5. The van der Waals surface area contributed by atoms with Gasteiger partial charge in [-0.25, -0.2) is 9.78 Å². The van der Waals surface area contributed by atoms with Crippen LogP contribution in [0.4, 0.5) is 0 Å². The van der Waals surface area contributed by atoms with Gasteiger partial charge in [0.2, 0.25) is 0 Å². The molecule has 0 fully saturated rings. The molecule has 2 aromatic rings. The van der Waals surface area contributed by atoms with Gasteiger partial charge in [0.15, 0.2) is 5.69 Å². The smallest absolute Gasteiger partial charge is 0.356 e. The lowest BCUT2D eigenvalue weighted by Crippen LogP contribution is -2.07. The molecular formula is C10H12N4O2. The summed E-state index contributed by atoms with van der Waals surface area (Å²) in [5.74, 6) is -1.01. The molecule has 0 amide bonds. The largest absolute Gasteiger partial charge is 0.476 e. The van der Waals surface area contributed by atoms with Crippen molar-refractivity contribution in [1.82, 2.24) is 19.3 Å². The number of nitrogens with zero attached hydrogens (tertiary/aromatic N) is 4. The predicted molar refractivity (Wildman–Crippen MR) is 56.2 cm³/mol. The zero-order valence-electron chi connectivity index (χ0n) is 8.87. The molecule has 0 saturated carbocycles. The summed E-state index contributed by atoms with van der Waals surface area (Å²) in [6.07, 6.45) is 5.15. The molecule has 6 heteroatoms. The van der Waals surface area contributed by atoms with Crippen molar-refractivity contribution in [3.05, 3.63) is 36.2 Å². The van der Waals surface area contributed by atoms with E-state index in [9.17, 15) is 4.79 Å². The van der Waals surface area contributed by atoms with Crippen LogP contribution in [-0.4, -0.2) is 30.4 Å². The Morgan fingerprint density at radius 2 is 2.38 bits per heavy atom. The Bertz CT molecular complexity index is 500. The number of imidazole rings is 1. The second-order valence-corrected chi connectivity index (χ2v) is 3.37. The van der Waals surface area contributed by atoms with E-state index in [1.807, 2.05) is 11.5 Å². The highest BCUT2D eigenvalue weighted by atomic mass is 16.4. The van der Waals surface area contributed by atoms with Crippen LogP contribution < -0.4 is 0 Å². The minimum atomic E-state index is -1.01. The van der Waals surface area contributed by atoms with Crippen molar-refractivity contribution in [2.75, 3.05) is 0 Å². The van der Waals surface area contributed by atoms with E-state index in [0.717, 1.165) is 12.2 Å². The standard InChI is InChI=1S/C10H12N4O2/c1-2-13-7-11-5-8(13)6-14-4-3-9(12-14)10(15)16/h3-5,7H,2,6H2,1H3,(H,15,16). The Labute approximate surface area is 92.2 Å². The number of carboxylic acids is 1. The Morgan fingerprint density at radius 1 is 1.56 bits per heavy atom. The molecule has 1 N–H and O–H groups in total. The Kier molecular flexibility index (Phi) is 2.72. The molecule has 0 spiro atoms. The topological polar surface area (TPSA) is 72.9 Å². The van der Waals surface area contributed by atoms with Crippen LogP contribution in [0.15, 0.2) is 24.8 Å². The summed E-state index contributed by atoms with van der Waals surface area (Å²) in [5.41, 5.74) is 1.06. The molecular weight excluding hydrogens is 208 g/mol. The molecule has 0 aliphatic heterocycles. The third-order valence-corrected chi connectivity index (χ3v) is 2.32.